The van der Waals surface area contributed by atoms with Crippen molar-refractivity contribution in [3.8, 4) is 0 Å². The van der Waals surface area contributed by atoms with Crippen molar-refractivity contribution in [2.75, 3.05) is 31.1 Å². The van der Waals surface area contributed by atoms with Gasteiger partial charge in [0, 0.05) is 52.0 Å². The Hall–Kier alpha value is -2.18. The van der Waals surface area contributed by atoms with Crippen molar-refractivity contribution in [2.45, 2.75) is 31.6 Å². The number of alkyl halides is 2. The van der Waals surface area contributed by atoms with Crippen molar-refractivity contribution in [1.29, 1.82) is 0 Å². The lowest BCUT2D eigenvalue weighted by Gasteiger charge is -2.37. The summed E-state index contributed by atoms with van der Waals surface area (Å²) >= 11 is 0. The van der Waals surface area contributed by atoms with Crippen LogP contribution in [0.2, 0.25) is 0 Å². The molecule has 0 bridgehead atoms. The quantitative estimate of drug-likeness (QED) is 0.825. The molecular formula is C19H24F2N4O. The number of anilines is 1. The third-order valence-corrected chi connectivity index (χ3v) is 5.70. The zero-order chi connectivity index (χ0) is 18.3. The first kappa shape index (κ1) is 17.2. The molecule has 0 unspecified atom stereocenters. The number of benzene rings is 1. The van der Waals surface area contributed by atoms with Crippen LogP contribution >= 0.6 is 0 Å². The highest BCUT2D eigenvalue weighted by atomic mass is 19.3. The Kier molecular flexibility index (Phi) is 4.32. The van der Waals surface area contributed by atoms with E-state index in [9.17, 15) is 13.6 Å². The van der Waals surface area contributed by atoms with Gasteiger partial charge < -0.3 is 14.4 Å². The molecular weight excluding hydrogens is 338 g/mol. The second-order valence-electron chi connectivity index (χ2n) is 7.40. The van der Waals surface area contributed by atoms with Gasteiger partial charge in [-0.2, -0.15) is 0 Å². The number of rotatable bonds is 2. The minimum Gasteiger partial charge on any atom is -0.342 e. The summed E-state index contributed by atoms with van der Waals surface area (Å²) in [6.45, 7) is 1.88. The number of fused-ring (bicyclic) bond motifs is 1. The van der Waals surface area contributed by atoms with E-state index in [1.807, 2.05) is 31.3 Å². The lowest BCUT2D eigenvalue weighted by Crippen LogP contribution is -2.47. The van der Waals surface area contributed by atoms with Crippen molar-refractivity contribution >= 4 is 22.9 Å². The molecule has 4 rings (SSSR count). The highest BCUT2D eigenvalue weighted by molar-refractivity contribution is 5.80. The number of hydrogen-bond donors (Lipinski definition) is 0. The van der Waals surface area contributed by atoms with Crippen molar-refractivity contribution in [3.63, 3.8) is 0 Å². The lowest BCUT2D eigenvalue weighted by molar-refractivity contribution is -0.142. The maximum atomic E-state index is 13.3. The number of likely N-dealkylation sites (tertiary alicyclic amines) is 1. The molecule has 0 atom stereocenters. The Labute approximate surface area is 151 Å². The Morgan fingerprint density at radius 3 is 2.42 bits per heavy atom. The van der Waals surface area contributed by atoms with E-state index < -0.39 is 5.92 Å². The normalized spacial score (nSPS) is 21.3. The van der Waals surface area contributed by atoms with E-state index in [-0.39, 0.29) is 37.8 Å². The van der Waals surface area contributed by atoms with Crippen LogP contribution in [0.3, 0.4) is 0 Å². The summed E-state index contributed by atoms with van der Waals surface area (Å²) in [5.41, 5.74) is 2.06. The first-order valence-electron chi connectivity index (χ1n) is 9.28. The summed E-state index contributed by atoms with van der Waals surface area (Å²) < 4.78 is 28.7. The molecule has 2 aliphatic rings. The minimum absolute atomic E-state index is 0.0464. The van der Waals surface area contributed by atoms with Crippen LogP contribution in [-0.2, 0) is 11.8 Å². The van der Waals surface area contributed by atoms with Gasteiger partial charge in [-0.25, -0.2) is 13.8 Å². The van der Waals surface area contributed by atoms with E-state index in [0.717, 1.165) is 42.9 Å². The molecule has 0 N–H and O–H groups in total. The standard InChI is InChI=1S/C19H24F2N4O/c1-23-16-5-3-2-4-15(16)22-18(23)25-10-6-14(7-11-25)17(26)24-12-8-19(20,21)9-13-24/h2-5,14H,6-13H2,1H3. The molecule has 0 aliphatic carbocycles. The number of hydrogen-bond acceptors (Lipinski definition) is 3. The Balaban J connectivity index is 1.39. The number of aryl methyl sites for hydroxylation is 1. The largest absolute Gasteiger partial charge is 0.342 e. The maximum Gasteiger partial charge on any atom is 0.251 e. The number of imidazole rings is 1. The first-order valence-corrected chi connectivity index (χ1v) is 9.28. The predicted molar refractivity (Wildman–Crippen MR) is 96.4 cm³/mol. The van der Waals surface area contributed by atoms with Crippen molar-refractivity contribution in [2.24, 2.45) is 13.0 Å². The summed E-state index contributed by atoms with van der Waals surface area (Å²) in [6, 6.07) is 8.03. The van der Waals surface area contributed by atoms with Crippen LogP contribution in [0.15, 0.2) is 24.3 Å². The van der Waals surface area contributed by atoms with Crippen LogP contribution in [0.5, 0.6) is 0 Å². The Morgan fingerprint density at radius 2 is 1.77 bits per heavy atom. The van der Waals surface area contributed by atoms with Gasteiger partial charge in [-0.05, 0) is 25.0 Å². The monoisotopic (exact) mass is 362 g/mol. The third kappa shape index (κ3) is 3.15. The highest BCUT2D eigenvalue weighted by Gasteiger charge is 2.38. The molecule has 3 heterocycles. The van der Waals surface area contributed by atoms with Crippen LogP contribution < -0.4 is 4.90 Å². The number of para-hydroxylation sites is 2. The zero-order valence-corrected chi connectivity index (χ0v) is 15.0. The average molecular weight is 362 g/mol. The van der Waals surface area contributed by atoms with Gasteiger partial charge in [0.05, 0.1) is 11.0 Å². The molecule has 26 heavy (non-hydrogen) atoms. The fraction of sp³-hybridized carbons (Fsp3) is 0.579. The first-order chi connectivity index (χ1) is 12.4. The van der Waals surface area contributed by atoms with Gasteiger partial charge in [0.25, 0.3) is 5.92 Å². The molecule has 1 amide bonds. The molecule has 140 valence electrons. The SMILES string of the molecule is Cn1c(N2CCC(C(=O)N3CCC(F)(F)CC3)CC2)nc2ccccc21. The highest BCUT2D eigenvalue weighted by Crippen LogP contribution is 2.31. The molecule has 2 aliphatic heterocycles. The number of aromatic nitrogens is 2. The molecule has 2 aromatic rings. The molecule has 0 radical (unpaired) electrons. The van der Waals surface area contributed by atoms with Crippen LogP contribution in [0, 0.1) is 5.92 Å². The van der Waals surface area contributed by atoms with Crippen LogP contribution in [0.1, 0.15) is 25.7 Å². The summed E-state index contributed by atoms with van der Waals surface area (Å²) in [7, 11) is 2.01. The van der Waals surface area contributed by atoms with Gasteiger partial charge in [-0.15, -0.1) is 0 Å². The zero-order valence-electron chi connectivity index (χ0n) is 15.0. The maximum absolute atomic E-state index is 13.3. The van der Waals surface area contributed by atoms with E-state index in [0.29, 0.717) is 0 Å². The number of nitrogens with zero attached hydrogens (tertiary/aromatic N) is 4. The fourth-order valence-corrected chi connectivity index (χ4v) is 4.05. The van der Waals surface area contributed by atoms with Gasteiger partial charge in [0.15, 0.2) is 0 Å². The average Bonchev–Trinajstić information content (AvgIpc) is 2.98. The van der Waals surface area contributed by atoms with Gasteiger partial charge in [-0.3, -0.25) is 4.79 Å². The van der Waals surface area contributed by atoms with Gasteiger partial charge in [0.1, 0.15) is 0 Å². The van der Waals surface area contributed by atoms with Crippen molar-refractivity contribution in [1.82, 2.24) is 14.5 Å². The second-order valence-corrected chi connectivity index (χ2v) is 7.40. The second kappa shape index (κ2) is 6.52. The predicted octanol–water partition coefficient (Wildman–Crippen LogP) is 3.05. The molecule has 1 aromatic carbocycles. The molecule has 2 fully saturated rings. The summed E-state index contributed by atoms with van der Waals surface area (Å²) in [5, 5.41) is 0. The van der Waals surface area contributed by atoms with E-state index >= 15 is 0 Å². The topological polar surface area (TPSA) is 41.4 Å². The number of amides is 1. The number of carbonyl (C=O) groups excluding carboxylic acids is 1. The molecule has 7 heteroatoms. The third-order valence-electron chi connectivity index (χ3n) is 5.70. The van der Waals surface area contributed by atoms with Gasteiger partial charge in [-0.1, -0.05) is 12.1 Å². The number of piperidine rings is 2. The lowest BCUT2D eigenvalue weighted by atomic mass is 9.94. The Morgan fingerprint density at radius 1 is 1.12 bits per heavy atom. The van der Waals surface area contributed by atoms with Crippen LogP contribution in [0.4, 0.5) is 14.7 Å². The van der Waals surface area contributed by atoms with Crippen LogP contribution in [-0.4, -0.2) is 52.5 Å². The van der Waals surface area contributed by atoms with Gasteiger partial charge >= 0.3 is 0 Å². The number of halogens is 2. The number of carbonyl (C=O) groups is 1. The van der Waals surface area contributed by atoms with E-state index in [1.54, 1.807) is 4.90 Å². The minimum atomic E-state index is -2.61. The molecule has 1 aromatic heterocycles. The van der Waals surface area contributed by atoms with Crippen molar-refractivity contribution in [3.05, 3.63) is 24.3 Å². The summed E-state index contributed by atoms with van der Waals surface area (Å²) in [4.78, 5) is 21.2. The van der Waals surface area contributed by atoms with Crippen LogP contribution in [0.25, 0.3) is 11.0 Å². The molecule has 0 saturated carbocycles. The summed E-state index contributed by atoms with van der Waals surface area (Å²) in [5.74, 6) is -1.70. The Bertz CT molecular complexity index is 801. The summed E-state index contributed by atoms with van der Waals surface area (Å²) in [6.07, 6.45) is 1.07. The smallest absolute Gasteiger partial charge is 0.251 e. The molecule has 0 spiro atoms. The van der Waals surface area contributed by atoms with Crippen molar-refractivity contribution < 1.29 is 13.6 Å². The van der Waals surface area contributed by atoms with E-state index in [4.69, 9.17) is 4.98 Å². The molecule has 5 nitrogen and oxygen atoms in total. The fourth-order valence-electron chi connectivity index (χ4n) is 4.05. The molecule has 2 saturated heterocycles. The van der Waals surface area contributed by atoms with E-state index in [1.165, 1.54) is 0 Å². The van der Waals surface area contributed by atoms with Gasteiger partial charge in [0.2, 0.25) is 11.9 Å². The van der Waals surface area contributed by atoms with E-state index in [2.05, 4.69) is 9.47 Å².